The zero-order valence-electron chi connectivity index (χ0n) is 17.7. The summed E-state index contributed by atoms with van der Waals surface area (Å²) in [6.07, 6.45) is 0. The van der Waals surface area contributed by atoms with Gasteiger partial charge in [0.2, 0.25) is 5.95 Å². The summed E-state index contributed by atoms with van der Waals surface area (Å²) < 4.78 is 28.1. The van der Waals surface area contributed by atoms with Crippen LogP contribution in [0.1, 0.15) is 24.2 Å². The minimum absolute atomic E-state index is 0.185. The van der Waals surface area contributed by atoms with E-state index < -0.39 is 29.0 Å². The van der Waals surface area contributed by atoms with Crippen molar-refractivity contribution in [3.63, 3.8) is 0 Å². The quantitative estimate of drug-likeness (QED) is 0.336. The summed E-state index contributed by atoms with van der Waals surface area (Å²) in [5, 5.41) is 14.4. The van der Waals surface area contributed by atoms with Gasteiger partial charge >= 0.3 is 5.97 Å². The highest BCUT2D eigenvalue weighted by molar-refractivity contribution is 5.98. The Bertz CT molecular complexity index is 1360. The van der Waals surface area contributed by atoms with E-state index in [4.69, 9.17) is 5.11 Å². The molecule has 9 heteroatoms. The molecule has 0 fully saturated rings. The molecule has 0 aliphatic rings. The van der Waals surface area contributed by atoms with Crippen LogP contribution < -0.4 is 10.6 Å². The number of nitrogens with one attached hydrogen (secondary N) is 3. The number of aromatic nitrogens is 2. The Kier molecular flexibility index (Phi) is 5.55. The highest BCUT2D eigenvalue weighted by atomic mass is 19.1. The largest absolute Gasteiger partial charge is 0.480 e. The maximum atomic E-state index is 14.7. The van der Waals surface area contributed by atoms with E-state index in [1.54, 1.807) is 36.4 Å². The van der Waals surface area contributed by atoms with E-state index in [1.165, 1.54) is 38.1 Å². The number of halogens is 2. The predicted molar refractivity (Wildman–Crippen MR) is 120 cm³/mol. The monoisotopic (exact) mass is 450 g/mol. The van der Waals surface area contributed by atoms with E-state index in [-0.39, 0.29) is 17.2 Å². The first-order valence-electron chi connectivity index (χ1n) is 10.0. The SMILES string of the molecule is CC(C)(NC(=O)c1ccc(-c2ccc(Nc3nc4ccc(F)cc4[nH]3)c(F)c2)cc1)C(=O)O. The van der Waals surface area contributed by atoms with Crippen molar-refractivity contribution in [2.75, 3.05) is 5.32 Å². The first kappa shape index (κ1) is 21.9. The van der Waals surface area contributed by atoms with Crippen LogP contribution in [0.15, 0.2) is 60.7 Å². The number of hydrogen-bond donors (Lipinski definition) is 4. The number of aliphatic carboxylic acids is 1. The number of carbonyl (C=O) groups is 2. The van der Waals surface area contributed by atoms with Gasteiger partial charge in [0.15, 0.2) is 0 Å². The van der Waals surface area contributed by atoms with Gasteiger partial charge in [-0.05, 0) is 67.4 Å². The molecule has 0 saturated carbocycles. The van der Waals surface area contributed by atoms with Crippen molar-refractivity contribution in [3.8, 4) is 11.1 Å². The Morgan fingerprint density at radius 3 is 2.33 bits per heavy atom. The van der Waals surface area contributed by atoms with Gasteiger partial charge in [0.25, 0.3) is 5.91 Å². The lowest BCUT2D eigenvalue weighted by atomic mass is 10.0. The van der Waals surface area contributed by atoms with Crippen LogP contribution >= 0.6 is 0 Å². The number of nitrogens with zero attached hydrogens (tertiary/aromatic N) is 1. The zero-order chi connectivity index (χ0) is 23.8. The smallest absolute Gasteiger partial charge is 0.328 e. The van der Waals surface area contributed by atoms with Crippen molar-refractivity contribution in [2.45, 2.75) is 19.4 Å². The minimum Gasteiger partial charge on any atom is -0.480 e. The average molecular weight is 450 g/mol. The van der Waals surface area contributed by atoms with E-state index in [0.717, 1.165) is 0 Å². The molecule has 4 aromatic rings. The Labute approximate surface area is 187 Å². The van der Waals surface area contributed by atoms with Gasteiger partial charge in [0.05, 0.1) is 16.7 Å². The van der Waals surface area contributed by atoms with Crippen LogP contribution in [0.2, 0.25) is 0 Å². The lowest BCUT2D eigenvalue weighted by Crippen LogP contribution is -2.49. The number of aromatic amines is 1. The summed E-state index contributed by atoms with van der Waals surface area (Å²) in [5.74, 6) is -2.31. The summed E-state index contributed by atoms with van der Waals surface area (Å²) in [6.45, 7) is 2.78. The van der Waals surface area contributed by atoms with Gasteiger partial charge in [-0.3, -0.25) is 4.79 Å². The molecule has 3 aromatic carbocycles. The van der Waals surface area contributed by atoms with E-state index in [9.17, 15) is 18.4 Å². The van der Waals surface area contributed by atoms with Gasteiger partial charge in [-0.15, -0.1) is 0 Å². The van der Waals surface area contributed by atoms with Crippen LogP contribution in [-0.4, -0.2) is 32.5 Å². The van der Waals surface area contributed by atoms with Crippen LogP contribution in [0.5, 0.6) is 0 Å². The van der Waals surface area contributed by atoms with Crippen molar-refractivity contribution >= 4 is 34.5 Å². The van der Waals surface area contributed by atoms with Gasteiger partial charge in [-0.1, -0.05) is 18.2 Å². The molecule has 4 N–H and O–H groups in total. The number of fused-ring (bicyclic) bond motifs is 1. The third-order valence-corrected chi connectivity index (χ3v) is 5.11. The van der Waals surface area contributed by atoms with E-state index >= 15 is 0 Å². The number of H-pyrrole nitrogens is 1. The lowest BCUT2D eigenvalue weighted by Gasteiger charge is -2.21. The summed E-state index contributed by atoms with van der Waals surface area (Å²) >= 11 is 0. The van der Waals surface area contributed by atoms with Crippen LogP contribution in [-0.2, 0) is 4.79 Å². The molecular formula is C24H20F2N4O3. The zero-order valence-corrected chi connectivity index (χ0v) is 17.7. The van der Waals surface area contributed by atoms with Crippen LogP contribution in [0.3, 0.4) is 0 Å². The minimum atomic E-state index is -1.41. The summed E-state index contributed by atoms with van der Waals surface area (Å²) in [6, 6.07) is 15.1. The predicted octanol–water partition coefficient (Wildman–Crippen LogP) is 4.84. The second-order valence-electron chi connectivity index (χ2n) is 8.03. The Morgan fingerprint density at radius 2 is 1.67 bits per heavy atom. The molecule has 1 aromatic heterocycles. The number of rotatable bonds is 6. The lowest BCUT2D eigenvalue weighted by molar-refractivity contribution is -0.143. The highest BCUT2D eigenvalue weighted by Crippen LogP contribution is 2.27. The summed E-state index contributed by atoms with van der Waals surface area (Å²) in [4.78, 5) is 30.6. The summed E-state index contributed by atoms with van der Waals surface area (Å²) in [7, 11) is 0. The summed E-state index contributed by atoms with van der Waals surface area (Å²) in [5.41, 5.74) is 1.36. The number of anilines is 2. The molecule has 1 heterocycles. The average Bonchev–Trinajstić information content (AvgIpc) is 3.16. The number of amides is 1. The number of carbonyl (C=O) groups excluding carboxylic acids is 1. The number of benzene rings is 3. The fourth-order valence-electron chi connectivity index (χ4n) is 3.19. The van der Waals surface area contributed by atoms with Gasteiger partial charge in [-0.2, -0.15) is 0 Å². The van der Waals surface area contributed by atoms with Crippen molar-refractivity contribution in [2.24, 2.45) is 0 Å². The molecule has 0 atom stereocenters. The standard InChI is InChI=1S/C24H20F2N4O3/c1-24(2,22(32)33)30-21(31)14-5-3-13(4-6-14)15-7-9-18(17(26)11-15)27-23-28-19-10-8-16(25)12-20(19)29-23/h3-12H,1-2H3,(H,30,31)(H,32,33)(H2,27,28,29). The third kappa shape index (κ3) is 4.67. The molecule has 4 rings (SSSR count). The number of carboxylic acid groups (broad SMARTS) is 1. The van der Waals surface area contributed by atoms with Crippen molar-refractivity contribution < 1.29 is 23.5 Å². The Balaban J connectivity index is 1.50. The number of hydrogen-bond acceptors (Lipinski definition) is 4. The van der Waals surface area contributed by atoms with E-state index in [2.05, 4.69) is 20.6 Å². The maximum Gasteiger partial charge on any atom is 0.328 e. The molecule has 0 saturated heterocycles. The van der Waals surface area contributed by atoms with Gasteiger partial charge in [-0.25, -0.2) is 18.6 Å². The van der Waals surface area contributed by atoms with Crippen molar-refractivity contribution in [1.29, 1.82) is 0 Å². The first-order chi connectivity index (χ1) is 15.6. The molecule has 0 bridgehead atoms. The molecule has 0 spiro atoms. The molecule has 0 unspecified atom stereocenters. The normalized spacial score (nSPS) is 11.4. The van der Waals surface area contributed by atoms with Crippen LogP contribution in [0.4, 0.5) is 20.4 Å². The number of imidazole rings is 1. The van der Waals surface area contributed by atoms with Gasteiger partial charge < -0.3 is 20.7 Å². The fourth-order valence-corrected chi connectivity index (χ4v) is 3.19. The van der Waals surface area contributed by atoms with E-state index in [0.29, 0.717) is 22.2 Å². The first-order valence-corrected chi connectivity index (χ1v) is 10.0. The number of carboxylic acids is 1. The van der Waals surface area contributed by atoms with Gasteiger partial charge in [0, 0.05) is 5.56 Å². The topological polar surface area (TPSA) is 107 Å². The van der Waals surface area contributed by atoms with Gasteiger partial charge in [0.1, 0.15) is 17.2 Å². The highest BCUT2D eigenvalue weighted by Gasteiger charge is 2.29. The molecular weight excluding hydrogens is 430 g/mol. The molecule has 0 aliphatic carbocycles. The molecule has 33 heavy (non-hydrogen) atoms. The Hall–Kier alpha value is -4.27. The van der Waals surface area contributed by atoms with Crippen LogP contribution in [0.25, 0.3) is 22.2 Å². The van der Waals surface area contributed by atoms with Crippen LogP contribution in [0, 0.1) is 11.6 Å². The van der Waals surface area contributed by atoms with Crippen molar-refractivity contribution in [1.82, 2.24) is 15.3 Å². The van der Waals surface area contributed by atoms with E-state index in [1.807, 2.05) is 0 Å². The van der Waals surface area contributed by atoms with Crippen molar-refractivity contribution in [3.05, 3.63) is 77.9 Å². The second-order valence-corrected chi connectivity index (χ2v) is 8.03. The molecule has 1 amide bonds. The molecule has 0 aliphatic heterocycles. The molecule has 0 radical (unpaired) electrons. The second kappa shape index (κ2) is 8.34. The molecule has 7 nitrogen and oxygen atoms in total. The third-order valence-electron chi connectivity index (χ3n) is 5.11. The maximum absolute atomic E-state index is 14.7. The Morgan fingerprint density at radius 1 is 0.970 bits per heavy atom. The fraction of sp³-hybridized carbons (Fsp3) is 0.125. The molecule has 168 valence electrons.